The summed E-state index contributed by atoms with van der Waals surface area (Å²) in [6.07, 6.45) is 0. The van der Waals surface area contributed by atoms with Gasteiger partial charge < -0.3 is 19.6 Å². The Kier molecular flexibility index (Phi) is 14.6. The molecule has 0 spiro atoms. The van der Waals surface area contributed by atoms with E-state index < -0.39 is 0 Å². The number of para-hydroxylation sites is 4. The van der Waals surface area contributed by atoms with Crippen molar-refractivity contribution in [2.75, 3.05) is 19.6 Å². The van der Waals surface area contributed by atoms with E-state index in [9.17, 15) is 0 Å². The molecule has 0 saturated heterocycles. The maximum atomic E-state index is 2.46. The summed E-state index contributed by atoms with van der Waals surface area (Å²) in [6.45, 7) is 0. The van der Waals surface area contributed by atoms with Gasteiger partial charge in [0.15, 0.2) is 0 Å². The maximum absolute atomic E-state index is 2.46. The number of hydrogen-bond donors (Lipinski definition) is 0. The topological polar surface area (TPSA) is 13.0 Å². The quantitative estimate of drug-likeness (QED) is 0.0894. The molecule has 4 nitrogen and oxygen atoms in total. The predicted molar refractivity (Wildman–Crippen MR) is 391 cm³/mol. The molecular weight excluding hydrogens is 1110 g/mol. The van der Waals surface area contributed by atoms with Gasteiger partial charge >= 0.3 is 0 Å². The lowest BCUT2D eigenvalue weighted by molar-refractivity contribution is 1.26. The zero-order valence-electron chi connectivity index (χ0n) is 50.6. The molecule has 16 aromatic rings. The van der Waals surface area contributed by atoms with Crippen LogP contribution in [0.4, 0.5) is 68.2 Å². The van der Waals surface area contributed by atoms with Crippen LogP contribution in [0.25, 0.3) is 76.8 Å². The average molecular weight is 1180 g/mol. The molecular formula is C88H62N4. The number of hydrogen-bond acceptors (Lipinski definition) is 4. The molecule has 0 aliphatic rings. The van der Waals surface area contributed by atoms with Crippen LogP contribution in [0.2, 0.25) is 0 Å². The van der Waals surface area contributed by atoms with E-state index in [4.69, 9.17) is 0 Å². The van der Waals surface area contributed by atoms with Gasteiger partial charge in [-0.15, -0.1) is 0 Å². The summed E-state index contributed by atoms with van der Waals surface area (Å²) in [4.78, 5) is 9.84. The normalized spacial score (nSPS) is 11.3. The molecule has 0 saturated carbocycles. The van der Waals surface area contributed by atoms with E-state index >= 15 is 0 Å². The first kappa shape index (κ1) is 55.1. The van der Waals surface area contributed by atoms with E-state index in [0.29, 0.717) is 0 Å². The highest BCUT2D eigenvalue weighted by molar-refractivity contribution is 6.33. The molecule has 0 aliphatic heterocycles. The molecule has 16 rings (SSSR count). The Morgan fingerprint density at radius 3 is 0.467 bits per heavy atom. The minimum Gasteiger partial charge on any atom is -0.310 e. The molecule has 4 heteroatoms. The van der Waals surface area contributed by atoms with Crippen LogP contribution in [0.3, 0.4) is 0 Å². The summed E-state index contributed by atoms with van der Waals surface area (Å²) >= 11 is 0. The molecule has 92 heavy (non-hydrogen) atoms. The smallest absolute Gasteiger partial charge is 0.0561 e. The van der Waals surface area contributed by atoms with Crippen LogP contribution in [-0.2, 0) is 0 Å². The molecule has 0 bridgehead atoms. The summed E-state index contributed by atoms with van der Waals surface area (Å²) in [5.41, 5.74) is 21.8. The lowest BCUT2D eigenvalue weighted by Crippen LogP contribution is -2.16. The first-order valence-corrected chi connectivity index (χ1v) is 31.5. The summed E-state index contributed by atoms with van der Waals surface area (Å²) in [7, 11) is 0. The summed E-state index contributed by atoms with van der Waals surface area (Å²) in [6, 6.07) is 137. The highest BCUT2D eigenvalue weighted by Gasteiger charge is 2.29. The third-order valence-corrected chi connectivity index (χ3v) is 17.8. The molecule has 0 radical (unpaired) electrons. The predicted octanol–water partition coefficient (Wildman–Crippen LogP) is 25.1. The molecule has 16 aromatic carbocycles. The molecule has 0 aliphatic carbocycles. The molecule has 0 fully saturated rings. The lowest BCUT2D eigenvalue weighted by Gasteiger charge is -2.34. The van der Waals surface area contributed by atoms with Crippen LogP contribution in [0, 0.1) is 0 Å². The Morgan fingerprint density at radius 2 is 0.283 bits per heavy atom. The van der Waals surface area contributed by atoms with Gasteiger partial charge in [-0.3, -0.25) is 0 Å². The standard InChI is InChI=1S/C88H62N4/c1-9-25-63(26-10-1)67-41-49-75(50-42-67)89(71-33-17-5-18-34-71)83-61-84(90(72-35-19-6-20-36-72)76-51-43-68(44-52-76)64-27-11-2-12-28-64)80-59-60-82-86(92(74-39-23-8-24-40-74)78-55-47-70(48-56-78)66-31-15-4-16-32-66)62-85(81-58-57-79(83)87(80)88(81)82)91(73-37-21-7-22-38-73)77-53-45-69(46-54-77)65-29-13-3-14-30-65/h1-62H. The van der Waals surface area contributed by atoms with Crippen LogP contribution in [0.15, 0.2) is 376 Å². The Balaban J connectivity index is 1.03. The number of rotatable bonds is 16. The summed E-state index contributed by atoms with van der Waals surface area (Å²) in [5, 5.41) is 6.77. The van der Waals surface area contributed by atoms with E-state index in [1.54, 1.807) is 0 Å². The van der Waals surface area contributed by atoms with Crippen molar-refractivity contribution in [2.24, 2.45) is 0 Å². The van der Waals surface area contributed by atoms with Gasteiger partial charge in [0.2, 0.25) is 0 Å². The highest BCUT2D eigenvalue weighted by Crippen LogP contribution is 2.55. The second-order valence-electron chi connectivity index (χ2n) is 23.2. The molecule has 434 valence electrons. The zero-order chi connectivity index (χ0) is 61.2. The molecule has 0 N–H and O–H groups in total. The van der Waals surface area contributed by atoms with Gasteiger partial charge in [0, 0.05) is 77.8 Å². The second kappa shape index (κ2) is 24.4. The van der Waals surface area contributed by atoms with E-state index in [-0.39, 0.29) is 0 Å². The minimum absolute atomic E-state index is 1.04. The van der Waals surface area contributed by atoms with Gasteiger partial charge in [-0.2, -0.15) is 0 Å². The largest absolute Gasteiger partial charge is 0.310 e. The molecule has 0 unspecified atom stereocenters. The van der Waals surface area contributed by atoms with Crippen molar-refractivity contribution in [1.29, 1.82) is 0 Å². The van der Waals surface area contributed by atoms with Crippen molar-refractivity contribution in [3.8, 4) is 44.5 Å². The fourth-order valence-corrected chi connectivity index (χ4v) is 13.4. The van der Waals surface area contributed by atoms with Crippen molar-refractivity contribution in [3.05, 3.63) is 376 Å². The van der Waals surface area contributed by atoms with Crippen molar-refractivity contribution in [3.63, 3.8) is 0 Å². The van der Waals surface area contributed by atoms with Crippen LogP contribution < -0.4 is 19.6 Å². The van der Waals surface area contributed by atoms with Crippen molar-refractivity contribution >= 4 is 101 Å². The van der Waals surface area contributed by atoms with E-state index in [0.717, 1.165) is 123 Å². The number of benzene rings is 16. The van der Waals surface area contributed by atoms with Gasteiger partial charge in [0.25, 0.3) is 0 Å². The van der Waals surface area contributed by atoms with Gasteiger partial charge in [0.1, 0.15) is 0 Å². The Morgan fingerprint density at radius 1 is 0.130 bits per heavy atom. The van der Waals surface area contributed by atoms with Crippen LogP contribution in [0.5, 0.6) is 0 Å². The summed E-state index contributed by atoms with van der Waals surface area (Å²) < 4.78 is 0. The molecule has 0 atom stereocenters. The van der Waals surface area contributed by atoms with Gasteiger partial charge in [-0.05, 0) is 154 Å². The van der Waals surface area contributed by atoms with Gasteiger partial charge in [-0.25, -0.2) is 0 Å². The fraction of sp³-hybridized carbons (Fsp3) is 0. The molecule has 0 amide bonds. The Hall–Kier alpha value is -12.2. The second-order valence-corrected chi connectivity index (χ2v) is 23.2. The number of anilines is 12. The third-order valence-electron chi connectivity index (χ3n) is 17.8. The Bertz CT molecular complexity index is 4480. The monoisotopic (exact) mass is 1170 g/mol. The first-order valence-electron chi connectivity index (χ1n) is 31.5. The average Bonchev–Trinajstić information content (AvgIpc) is 0.707. The lowest BCUT2D eigenvalue weighted by atomic mass is 9.89. The van der Waals surface area contributed by atoms with E-state index in [2.05, 4.69) is 396 Å². The van der Waals surface area contributed by atoms with Gasteiger partial charge in [-0.1, -0.05) is 267 Å². The van der Waals surface area contributed by atoms with Crippen molar-refractivity contribution in [2.45, 2.75) is 0 Å². The first-order chi connectivity index (χ1) is 45.7. The highest BCUT2D eigenvalue weighted by atomic mass is 15.2. The zero-order valence-corrected chi connectivity index (χ0v) is 50.6. The number of nitrogens with zero attached hydrogens (tertiary/aromatic N) is 4. The van der Waals surface area contributed by atoms with Crippen LogP contribution >= 0.6 is 0 Å². The fourth-order valence-electron chi connectivity index (χ4n) is 13.4. The molecule has 0 heterocycles. The SMILES string of the molecule is c1ccc(-c2ccc(N(c3ccccc3)c3cc(N(c4ccccc4)c4ccc(-c5ccccc5)cc4)c4ccc5c(N(c6ccccc6)c6ccc(-c7ccccc7)cc6)cc(N(c6ccccc6)c6ccc(-c7ccccc7)cc6)c6ccc3c4c65)cc2)cc1. The van der Waals surface area contributed by atoms with Crippen molar-refractivity contribution in [1.82, 2.24) is 0 Å². The summed E-state index contributed by atoms with van der Waals surface area (Å²) in [5.74, 6) is 0. The van der Waals surface area contributed by atoms with Crippen molar-refractivity contribution < 1.29 is 0 Å². The maximum Gasteiger partial charge on any atom is 0.0561 e. The molecule has 0 aromatic heterocycles. The van der Waals surface area contributed by atoms with Crippen LogP contribution in [-0.4, -0.2) is 0 Å². The Labute approximate surface area is 537 Å². The van der Waals surface area contributed by atoms with Crippen LogP contribution in [0.1, 0.15) is 0 Å². The van der Waals surface area contributed by atoms with E-state index in [1.807, 2.05) is 0 Å². The third kappa shape index (κ3) is 10.4. The minimum atomic E-state index is 1.04. The van der Waals surface area contributed by atoms with Gasteiger partial charge in [0.05, 0.1) is 22.7 Å². The van der Waals surface area contributed by atoms with E-state index in [1.165, 1.54) is 22.3 Å².